The Kier molecular flexibility index (Phi) is 5.23. The van der Waals surface area contributed by atoms with Gasteiger partial charge in [0.25, 0.3) is 0 Å². The third kappa shape index (κ3) is 3.24. The lowest BCUT2D eigenvalue weighted by atomic mass is 10.1. The lowest BCUT2D eigenvalue weighted by Crippen LogP contribution is -2.48. The molecule has 4 nitrogen and oxygen atoms in total. The van der Waals surface area contributed by atoms with Gasteiger partial charge >= 0.3 is 0 Å². The zero-order valence-electron chi connectivity index (χ0n) is 11.9. The third-order valence-corrected chi connectivity index (χ3v) is 6.67. The Morgan fingerprint density at radius 1 is 1.45 bits per heavy atom. The molecule has 1 unspecified atom stereocenters. The standard InChI is InChI=1S/C14H21BrN2O2S/c1-3-17(12-5-4-8-16-10-12)20(18,19)14-7-6-11(2)9-13(14)15/h6-7,9,12,16H,3-5,8,10H2,1-2H3. The van der Waals surface area contributed by atoms with Gasteiger partial charge in [-0.3, -0.25) is 0 Å². The average molecular weight is 361 g/mol. The smallest absolute Gasteiger partial charge is 0.244 e. The van der Waals surface area contributed by atoms with Gasteiger partial charge in [0, 0.05) is 23.6 Å². The molecule has 0 amide bonds. The minimum atomic E-state index is -3.45. The van der Waals surface area contributed by atoms with E-state index in [1.54, 1.807) is 10.4 Å². The van der Waals surface area contributed by atoms with Crippen LogP contribution in [0.2, 0.25) is 0 Å². The third-order valence-electron chi connectivity index (χ3n) is 3.66. The number of benzene rings is 1. The predicted molar refractivity (Wildman–Crippen MR) is 84.3 cm³/mol. The highest BCUT2D eigenvalue weighted by atomic mass is 79.9. The fourth-order valence-electron chi connectivity index (χ4n) is 2.65. The van der Waals surface area contributed by atoms with Crippen LogP contribution in [0.15, 0.2) is 27.6 Å². The van der Waals surface area contributed by atoms with Crippen LogP contribution in [-0.2, 0) is 10.0 Å². The molecule has 6 heteroatoms. The maximum Gasteiger partial charge on any atom is 0.244 e. The van der Waals surface area contributed by atoms with Crippen molar-refractivity contribution in [2.45, 2.75) is 37.6 Å². The maximum atomic E-state index is 12.9. The Morgan fingerprint density at radius 3 is 2.75 bits per heavy atom. The zero-order valence-corrected chi connectivity index (χ0v) is 14.3. The van der Waals surface area contributed by atoms with E-state index in [0.29, 0.717) is 15.9 Å². The molecule has 0 aliphatic carbocycles. The molecule has 20 heavy (non-hydrogen) atoms. The summed E-state index contributed by atoms with van der Waals surface area (Å²) in [7, 11) is -3.45. The normalized spacial score (nSPS) is 20.3. The molecule has 112 valence electrons. The van der Waals surface area contributed by atoms with Gasteiger partial charge in [0.05, 0.1) is 4.90 Å². The summed E-state index contributed by atoms with van der Waals surface area (Å²) >= 11 is 3.38. The van der Waals surface area contributed by atoms with Crippen LogP contribution in [0, 0.1) is 6.92 Å². The molecule has 1 aromatic carbocycles. The lowest BCUT2D eigenvalue weighted by molar-refractivity contribution is 0.274. The van der Waals surface area contributed by atoms with E-state index in [2.05, 4.69) is 21.2 Å². The van der Waals surface area contributed by atoms with E-state index < -0.39 is 10.0 Å². The van der Waals surface area contributed by atoms with Crippen LogP contribution < -0.4 is 5.32 Å². The second kappa shape index (κ2) is 6.56. The van der Waals surface area contributed by atoms with Crippen molar-refractivity contribution in [2.75, 3.05) is 19.6 Å². The molecule has 1 aromatic rings. The van der Waals surface area contributed by atoms with Gasteiger partial charge in [-0.05, 0) is 59.9 Å². The minimum absolute atomic E-state index is 0.0481. The average Bonchev–Trinajstić information content (AvgIpc) is 2.40. The van der Waals surface area contributed by atoms with E-state index in [9.17, 15) is 8.42 Å². The molecular weight excluding hydrogens is 340 g/mol. The monoisotopic (exact) mass is 360 g/mol. The number of rotatable bonds is 4. The SMILES string of the molecule is CCN(C1CCCNC1)S(=O)(=O)c1ccc(C)cc1Br. The molecule has 0 radical (unpaired) electrons. The molecule has 1 aliphatic rings. The van der Waals surface area contributed by atoms with Crippen molar-refractivity contribution >= 4 is 26.0 Å². The van der Waals surface area contributed by atoms with Crippen LogP contribution in [0.1, 0.15) is 25.3 Å². The first-order chi connectivity index (χ1) is 9.46. The summed E-state index contributed by atoms with van der Waals surface area (Å²) in [5.74, 6) is 0. The van der Waals surface area contributed by atoms with Gasteiger partial charge in [0.15, 0.2) is 0 Å². The Bertz CT molecular complexity index is 569. The van der Waals surface area contributed by atoms with Gasteiger partial charge in [-0.1, -0.05) is 13.0 Å². The number of nitrogens with one attached hydrogen (secondary N) is 1. The van der Waals surface area contributed by atoms with Crippen LogP contribution >= 0.6 is 15.9 Å². The quantitative estimate of drug-likeness (QED) is 0.897. The van der Waals surface area contributed by atoms with E-state index in [1.165, 1.54) is 0 Å². The molecule has 1 heterocycles. The van der Waals surface area contributed by atoms with Crippen molar-refractivity contribution in [1.82, 2.24) is 9.62 Å². The summed E-state index contributed by atoms with van der Waals surface area (Å²) in [6.07, 6.45) is 1.94. The minimum Gasteiger partial charge on any atom is -0.315 e. The predicted octanol–water partition coefficient (Wildman–Crippen LogP) is 2.52. The number of aryl methyl sites for hydroxylation is 1. The Labute approximate surface area is 129 Å². The van der Waals surface area contributed by atoms with Gasteiger partial charge in [0.1, 0.15) is 0 Å². The fraction of sp³-hybridized carbons (Fsp3) is 0.571. The Hall–Kier alpha value is -0.430. The van der Waals surface area contributed by atoms with Crippen molar-refractivity contribution in [2.24, 2.45) is 0 Å². The van der Waals surface area contributed by atoms with Crippen LogP contribution in [0.3, 0.4) is 0 Å². The Morgan fingerprint density at radius 2 is 2.20 bits per heavy atom. The van der Waals surface area contributed by atoms with Crippen molar-refractivity contribution in [3.63, 3.8) is 0 Å². The first-order valence-corrected chi connectivity index (χ1v) is 9.19. The molecule has 0 saturated carbocycles. The summed E-state index contributed by atoms with van der Waals surface area (Å²) in [5.41, 5.74) is 1.04. The van der Waals surface area contributed by atoms with Crippen LogP contribution in [-0.4, -0.2) is 38.4 Å². The van der Waals surface area contributed by atoms with Gasteiger partial charge in [0.2, 0.25) is 10.0 Å². The van der Waals surface area contributed by atoms with Crippen molar-refractivity contribution in [3.8, 4) is 0 Å². The second-order valence-corrected chi connectivity index (χ2v) is 7.86. The zero-order chi connectivity index (χ0) is 14.8. The highest BCUT2D eigenvalue weighted by molar-refractivity contribution is 9.10. The van der Waals surface area contributed by atoms with Crippen LogP contribution in [0.25, 0.3) is 0 Å². The lowest BCUT2D eigenvalue weighted by Gasteiger charge is -2.33. The van der Waals surface area contributed by atoms with Crippen molar-refractivity contribution < 1.29 is 8.42 Å². The topological polar surface area (TPSA) is 49.4 Å². The van der Waals surface area contributed by atoms with Gasteiger partial charge in [-0.2, -0.15) is 4.31 Å². The van der Waals surface area contributed by atoms with Gasteiger partial charge in [-0.15, -0.1) is 0 Å². The van der Waals surface area contributed by atoms with Crippen LogP contribution in [0.5, 0.6) is 0 Å². The number of hydrogen-bond donors (Lipinski definition) is 1. The summed E-state index contributed by atoms with van der Waals surface area (Å²) in [4.78, 5) is 0.357. The molecule has 2 rings (SSSR count). The van der Waals surface area contributed by atoms with E-state index in [-0.39, 0.29) is 6.04 Å². The number of nitrogens with zero attached hydrogens (tertiary/aromatic N) is 1. The van der Waals surface area contributed by atoms with E-state index in [4.69, 9.17) is 0 Å². The molecule has 0 spiro atoms. The molecule has 1 atom stereocenters. The fourth-order valence-corrected chi connectivity index (χ4v) is 5.46. The summed E-state index contributed by atoms with van der Waals surface area (Å²) < 4.78 is 28.0. The molecular formula is C14H21BrN2O2S. The van der Waals surface area contributed by atoms with E-state index in [1.807, 2.05) is 26.0 Å². The molecule has 0 bridgehead atoms. The molecule has 1 saturated heterocycles. The molecule has 1 aliphatic heterocycles. The molecule has 0 aromatic heterocycles. The van der Waals surface area contributed by atoms with Gasteiger partial charge in [-0.25, -0.2) is 8.42 Å². The largest absolute Gasteiger partial charge is 0.315 e. The highest BCUT2D eigenvalue weighted by Gasteiger charge is 2.32. The number of hydrogen-bond acceptors (Lipinski definition) is 3. The van der Waals surface area contributed by atoms with Crippen molar-refractivity contribution in [3.05, 3.63) is 28.2 Å². The first kappa shape index (κ1) is 15.9. The first-order valence-electron chi connectivity index (χ1n) is 6.95. The summed E-state index contributed by atoms with van der Waals surface area (Å²) in [6.45, 7) is 6.05. The maximum absolute atomic E-state index is 12.9. The number of halogens is 1. The van der Waals surface area contributed by atoms with E-state index >= 15 is 0 Å². The van der Waals surface area contributed by atoms with Gasteiger partial charge < -0.3 is 5.32 Å². The number of likely N-dealkylation sites (N-methyl/N-ethyl adjacent to an activating group) is 1. The second-order valence-electron chi connectivity index (χ2n) is 5.14. The summed E-state index contributed by atoms with van der Waals surface area (Å²) in [6, 6.07) is 5.42. The van der Waals surface area contributed by atoms with Crippen molar-refractivity contribution in [1.29, 1.82) is 0 Å². The van der Waals surface area contributed by atoms with E-state index in [0.717, 1.165) is 31.5 Å². The molecule has 1 fully saturated rings. The number of piperidine rings is 1. The molecule has 1 N–H and O–H groups in total. The Balaban J connectivity index is 2.35. The summed E-state index contributed by atoms with van der Waals surface area (Å²) in [5, 5.41) is 3.28. The number of sulfonamides is 1. The van der Waals surface area contributed by atoms with Crippen LogP contribution in [0.4, 0.5) is 0 Å². The highest BCUT2D eigenvalue weighted by Crippen LogP contribution is 2.28.